The molecule has 0 aliphatic rings. The molecule has 3 rings (SSSR count). The SMILES string of the molecule is COCCNC(=O)c1cc(NC(=O)c2cc(F)cc(C(F)(F)F)c2)c([C@@H](C)c2cc(F)ccc2Cl)n1CC(C)=O. The van der Waals surface area contributed by atoms with E-state index in [4.69, 9.17) is 16.3 Å². The van der Waals surface area contributed by atoms with E-state index in [9.17, 15) is 36.3 Å². The third kappa shape index (κ3) is 7.24. The zero-order valence-electron chi connectivity index (χ0n) is 21.6. The van der Waals surface area contributed by atoms with Crippen molar-refractivity contribution >= 4 is 34.9 Å². The Kier molecular flexibility index (Phi) is 9.69. The number of rotatable bonds is 10. The Morgan fingerprint density at radius 3 is 2.35 bits per heavy atom. The van der Waals surface area contributed by atoms with Crippen LogP contribution in [0, 0.1) is 11.6 Å². The van der Waals surface area contributed by atoms with Crippen molar-refractivity contribution in [2.75, 3.05) is 25.6 Å². The average Bonchev–Trinajstić information content (AvgIpc) is 3.21. The summed E-state index contributed by atoms with van der Waals surface area (Å²) in [5.41, 5.74) is -1.78. The molecule has 2 amide bonds. The highest BCUT2D eigenvalue weighted by Gasteiger charge is 2.33. The summed E-state index contributed by atoms with van der Waals surface area (Å²) in [6, 6.07) is 6.17. The molecule has 0 aliphatic heterocycles. The topological polar surface area (TPSA) is 89.4 Å². The Morgan fingerprint density at radius 2 is 1.73 bits per heavy atom. The molecule has 0 fully saturated rings. The second kappa shape index (κ2) is 12.6. The van der Waals surface area contributed by atoms with Crippen LogP contribution in [0.2, 0.25) is 5.02 Å². The highest BCUT2D eigenvalue weighted by atomic mass is 35.5. The number of nitrogens with one attached hydrogen (secondary N) is 2. The molecule has 2 N–H and O–H groups in total. The van der Waals surface area contributed by atoms with Gasteiger partial charge in [0.05, 0.1) is 24.4 Å². The van der Waals surface area contributed by atoms with E-state index in [2.05, 4.69) is 10.6 Å². The van der Waals surface area contributed by atoms with Crippen molar-refractivity contribution in [2.45, 2.75) is 32.5 Å². The fourth-order valence-corrected chi connectivity index (χ4v) is 4.42. The fourth-order valence-electron chi connectivity index (χ4n) is 4.14. The maximum atomic E-state index is 14.2. The number of alkyl halides is 3. The first-order chi connectivity index (χ1) is 18.7. The molecule has 0 saturated carbocycles. The monoisotopic (exact) mass is 585 g/mol. The van der Waals surface area contributed by atoms with Crippen LogP contribution in [0.4, 0.5) is 27.6 Å². The van der Waals surface area contributed by atoms with Crippen LogP contribution >= 0.6 is 11.6 Å². The van der Waals surface area contributed by atoms with Gasteiger partial charge in [-0.3, -0.25) is 14.4 Å². The lowest BCUT2D eigenvalue weighted by Gasteiger charge is -2.20. The van der Waals surface area contributed by atoms with Crippen LogP contribution in [0.25, 0.3) is 0 Å². The van der Waals surface area contributed by atoms with E-state index in [1.165, 1.54) is 30.7 Å². The van der Waals surface area contributed by atoms with Crippen molar-refractivity contribution < 1.29 is 41.1 Å². The summed E-state index contributed by atoms with van der Waals surface area (Å²) in [5.74, 6) is -4.89. The molecule has 13 heteroatoms. The third-order valence-electron chi connectivity index (χ3n) is 5.91. The number of nitrogens with zero attached hydrogens (tertiary/aromatic N) is 1. The van der Waals surface area contributed by atoms with Gasteiger partial charge in [-0.1, -0.05) is 18.5 Å². The Hall–Kier alpha value is -3.77. The van der Waals surface area contributed by atoms with Gasteiger partial charge in [-0.2, -0.15) is 13.2 Å². The fraction of sp³-hybridized carbons (Fsp3) is 0.296. The second-order valence-electron chi connectivity index (χ2n) is 8.93. The number of benzene rings is 2. The summed E-state index contributed by atoms with van der Waals surface area (Å²) >= 11 is 6.31. The van der Waals surface area contributed by atoms with E-state index in [-0.39, 0.29) is 59.2 Å². The summed E-state index contributed by atoms with van der Waals surface area (Å²) in [6.45, 7) is 2.78. The number of ketones is 1. The molecule has 214 valence electrons. The second-order valence-corrected chi connectivity index (χ2v) is 9.34. The predicted molar refractivity (Wildman–Crippen MR) is 138 cm³/mol. The average molecular weight is 586 g/mol. The number of aromatic nitrogens is 1. The molecule has 2 aromatic carbocycles. The maximum Gasteiger partial charge on any atom is 0.416 e. The molecule has 7 nitrogen and oxygen atoms in total. The van der Waals surface area contributed by atoms with Crippen LogP contribution in [0.1, 0.15) is 57.4 Å². The van der Waals surface area contributed by atoms with Crippen LogP contribution < -0.4 is 10.6 Å². The molecule has 3 aromatic rings. The molecular formula is C27H25ClF5N3O4. The quantitative estimate of drug-likeness (QED) is 0.232. The van der Waals surface area contributed by atoms with E-state index in [1.807, 2.05) is 0 Å². The lowest BCUT2D eigenvalue weighted by Crippen LogP contribution is -2.30. The lowest BCUT2D eigenvalue weighted by atomic mass is 9.96. The molecule has 40 heavy (non-hydrogen) atoms. The number of hydrogen-bond donors (Lipinski definition) is 2. The van der Waals surface area contributed by atoms with Gasteiger partial charge in [-0.05, 0) is 55.0 Å². The number of carbonyl (C=O) groups excluding carboxylic acids is 3. The van der Waals surface area contributed by atoms with Gasteiger partial charge in [0.25, 0.3) is 11.8 Å². The van der Waals surface area contributed by atoms with Crippen LogP contribution in [0.3, 0.4) is 0 Å². The van der Waals surface area contributed by atoms with E-state index < -0.39 is 46.7 Å². The van der Waals surface area contributed by atoms with Crippen molar-refractivity contribution in [1.82, 2.24) is 9.88 Å². The number of hydrogen-bond acceptors (Lipinski definition) is 4. The molecule has 0 saturated heterocycles. The minimum Gasteiger partial charge on any atom is -0.383 e. The maximum absolute atomic E-state index is 14.2. The van der Waals surface area contributed by atoms with E-state index in [1.54, 1.807) is 6.92 Å². The number of amides is 2. The standard InChI is InChI=1S/C27H25ClF5N3O4/c1-14(37)13-36-23(26(39)34-6-7-40-3)12-22(24(36)15(2)20-11-18(29)4-5-21(20)28)35-25(38)16-8-17(27(31,32)33)10-19(30)9-16/h4-5,8-12,15H,6-7,13H2,1-3H3,(H,34,39)(H,35,38)/t15-/m0/s1. The van der Waals surface area contributed by atoms with Crippen LogP contribution in [0.5, 0.6) is 0 Å². The molecule has 0 aliphatic carbocycles. The number of carbonyl (C=O) groups is 3. The zero-order chi connectivity index (χ0) is 29.8. The van der Waals surface area contributed by atoms with Gasteiger partial charge in [0.2, 0.25) is 0 Å². The van der Waals surface area contributed by atoms with Gasteiger partial charge < -0.3 is 19.9 Å². The number of halogens is 6. The molecular weight excluding hydrogens is 561 g/mol. The summed E-state index contributed by atoms with van der Waals surface area (Å²) in [7, 11) is 1.43. The highest BCUT2D eigenvalue weighted by Crippen LogP contribution is 2.37. The largest absolute Gasteiger partial charge is 0.416 e. The summed E-state index contributed by atoms with van der Waals surface area (Å²) < 4.78 is 74.1. The van der Waals surface area contributed by atoms with Crippen LogP contribution in [-0.2, 0) is 22.3 Å². The molecule has 0 unspecified atom stereocenters. The van der Waals surface area contributed by atoms with Gasteiger partial charge in [-0.15, -0.1) is 0 Å². The number of ether oxygens (including phenoxy) is 1. The zero-order valence-corrected chi connectivity index (χ0v) is 22.3. The molecule has 0 bridgehead atoms. The van der Waals surface area contributed by atoms with E-state index in [0.29, 0.717) is 12.1 Å². The molecule has 0 spiro atoms. The minimum atomic E-state index is -4.91. The molecule has 1 heterocycles. The first-order valence-electron chi connectivity index (χ1n) is 11.9. The van der Waals surface area contributed by atoms with Crippen molar-refractivity contribution in [3.8, 4) is 0 Å². The van der Waals surface area contributed by atoms with E-state index >= 15 is 0 Å². The molecule has 0 radical (unpaired) electrons. The van der Waals surface area contributed by atoms with Crippen molar-refractivity contribution in [3.05, 3.63) is 87.2 Å². The van der Waals surface area contributed by atoms with Crippen LogP contribution in [-0.4, -0.2) is 42.4 Å². The Labute approximate surface area is 231 Å². The molecule has 1 aromatic heterocycles. The summed E-state index contributed by atoms with van der Waals surface area (Å²) in [4.78, 5) is 38.3. The van der Waals surface area contributed by atoms with Crippen molar-refractivity contribution in [3.63, 3.8) is 0 Å². The Morgan fingerprint density at radius 1 is 1.02 bits per heavy atom. The Balaban J connectivity index is 2.18. The first kappa shape index (κ1) is 30.8. The highest BCUT2D eigenvalue weighted by molar-refractivity contribution is 6.31. The summed E-state index contributed by atoms with van der Waals surface area (Å²) in [5, 5.41) is 5.17. The summed E-state index contributed by atoms with van der Waals surface area (Å²) in [6.07, 6.45) is -4.91. The van der Waals surface area contributed by atoms with Gasteiger partial charge in [-0.25, -0.2) is 8.78 Å². The van der Waals surface area contributed by atoms with Gasteiger partial charge in [0.1, 0.15) is 23.1 Å². The van der Waals surface area contributed by atoms with Gasteiger partial charge in [0, 0.05) is 35.9 Å². The normalized spacial score (nSPS) is 12.2. The minimum absolute atomic E-state index is 0.0752. The Bertz CT molecular complexity index is 1440. The van der Waals surface area contributed by atoms with Crippen molar-refractivity contribution in [1.29, 1.82) is 0 Å². The third-order valence-corrected chi connectivity index (χ3v) is 6.26. The first-order valence-corrected chi connectivity index (χ1v) is 12.2. The predicted octanol–water partition coefficient (Wildman–Crippen LogP) is 5.81. The van der Waals surface area contributed by atoms with Crippen LogP contribution in [0.15, 0.2) is 42.5 Å². The van der Waals surface area contributed by atoms with Gasteiger partial charge >= 0.3 is 6.18 Å². The smallest absolute Gasteiger partial charge is 0.383 e. The number of anilines is 1. The number of methoxy groups -OCH3 is 1. The molecule has 1 atom stereocenters. The number of Topliss-reactive ketones (excluding diaryl/α,β-unsaturated/α-hetero) is 1. The lowest BCUT2D eigenvalue weighted by molar-refractivity contribution is -0.137. The van der Waals surface area contributed by atoms with Gasteiger partial charge in [0.15, 0.2) is 0 Å². The van der Waals surface area contributed by atoms with E-state index in [0.717, 1.165) is 12.1 Å². The van der Waals surface area contributed by atoms with Crippen molar-refractivity contribution in [2.24, 2.45) is 0 Å².